The number of aryl methyl sites for hydroxylation is 1. The Morgan fingerprint density at radius 2 is 2.00 bits per heavy atom. The van der Waals surface area contributed by atoms with Gasteiger partial charge in [0.05, 0.1) is 0 Å². The van der Waals surface area contributed by atoms with Gasteiger partial charge in [-0.15, -0.1) is 0 Å². The van der Waals surface area contributed by atoms with Gasteiger partial charge < -0.3 is 9.84 Å². The van der Waals surface area contributed by atoms with Crippen LogP contribution in [-0.2, 0) is 11.2 Å². The van der Waals surface area contributed by atoms with Crippen LogP contribution >= 0.6 is 0 Å². The minimum atomic E-state index is -0.0192. The zero-order valence-corrected chi connectivity index (χ0v) is 15.0. The molecule has 0 unspecified atom stereocenters. The minimum absolute atomic E-state index is 0.0192. The van der Waals surface area contributed by atoms with Gasteiger partial charge in [0.2, 0.25) is 17.6 Å². The van der Waals surface area contributed by atoms with Gasteiger partial charge >= 0.3 is 0 Å². The molecule has 0 aliphatic heterocycles. The number of carbonyl (C=O) groups excluding carboxylic acids is 1. The quantitative estimate of drug-likeness (QED) is 0.690. The topological polar surface area (TPSA) is 80.9 Å². The lowest BCUT2D eigenvalue weighted by atomic mass is 10.0. The number of nitrogens with one attached hydrogen (secondary N) is 1. The van der Waals surface area contributed by atoms with E-state index in [-0.39, 0.29) is 5.91 Å². The third kappa shape index (κ3) is 4.75. The molecular formula is C20H22N4O2. The average molecular weight is 350 g/mol. The zero-order valence-electron chi connectivity index (χ0n) is 15.0. The van der Waals surface area contributed by atoms with Crippen molar-refractivity contribution >= 4 is 11.6 Å². The van der Waals surface area contributed by atoms with E-state index in [4.69, 9.17) is 4.52 Å². The Morgan fingerprint density at radius 1 is 1.19 bits per heavy atom. The molecule has 0 aliphatic rings. The van der Waals surface area contributed by atoms with Crippen LogP contribution in [0.3, 0.4) is 0 Å². The van der Waals surface area contributed by atoms with Crippen LogP contribution in [0.15, 0.2) is 53.3 Å². The van der Waals surface area contributed by atoms with E-state index in [0.29, 0.717) is 36.9 Å². The summed E-state index contributed by atoms with van der Waals surface area (Å²) in [6.45, 7) is 4.29. The molecule has 1 N–H and O–H groups in total. The van der Waals surface area contributed by atoms with Crippen LogP contribution in [0.2, 0.25) is 0 Å². The first kappa shape index (κ1) is 17.8. The lowest BCUT2D eigenvalue weighted by molar-refractivity contribution is -0.116. The second-order valence-corrected chi connectivity index (χ2v) is 6.43. The standard InChI is InChI=1S/C20H22N4O2/c1-14(2)15-8-10-17(11-9-15)22-18(25)6-3-7-19-23-20(24-26-19)16-5-4-12-21-13-16/h4-5,8-14H,3,6-7H2,1-2H3,(H,22,25). The van der Waals surface area contributed by atoms with Gasteiger partial charge in [0.1, 0.15) is 0 Å². The molecule has 0 spiro atoms. The second kappa shape index (κ2) is 8.38. The predicted molar refractivity (Wildman–Crippen MR) is 99.6 cm³/mol. The number of aromatic nitrogens is 3. The van der Waals surface area contributed by atoms with Crippen LogP contribution in [0.4, 0.5) is 5.69 Å². The highest BCUT2D eigenvalue weighted by atomic mass is 16.5. The summed E-state index contributed by atoms with van der Waals surface area (Å²) >= 11 is 0. The second-order valence-electron chi connectivity index (χ2n) is 6.43. The lowest BCUT2D eigenvalue weighted by Crippen LogP contribution is -2.11. The van der Waals surface area contributed by atoms with Gasteiger partial charge in [-0.3, -0.25) is 9.78 Å². The summed E-state index contributed by atoms with van der Waals surface area (Å²) in [6.07, 6.45) is 4.99. The highest BCUT2D eigenvalue weighted by molar-refractivity contribution is 5.90. The number of pyridine rings is 1. The minimum Gasteiger partial charge on any atom is -0.339 e. The van der Waals surface area contributed by atoms with Gasteiger partial charge in [-0.05, 0) is 42.2 Å². The van der Waals surface area contributed by atoms with Crippen molar-refractivity contribution in [2.45, 2.75) is 39.0 Å². The van der Waals surface area contributed by atoms with Crippen LogP contribution < -0.4 is 5.32 Å². The predicted octanol–water partition coefficient (Wildman–Crippen LogP) is 4.22. The summed E-state index contributed by atoms with van der Waals surface area (Å²) in [5.41, 5.74) is 2.88. The largest absolute Gasteiger partial charge is 0.339 e. The van der Waals surface area contributed by atoms with Gasteiger partial charge in [-0.1, -0.05) is 31.1 Å². The maximum atomic E-state index is 12.1. The van der Waals surface area contributed by atoms with Gasteiger partial charge in [-0.2, -0.15) is 4.98 Å². The number of amides is 1. The molecule has 26 heavy (non-hydrogen) atoms. The van der Waals surface area contributed by atoms with Gasteiger partial charge in [0.15, 0.2) is 0 Å². The molecule has 0 saturated carbocycles. The molecule has 6 nitrogen and oxygen atoms in total. The van der Waals surface area contributed by atoms with Crippen molar-refractivity contribution in [3.05, 3.63) is 60.2 Å². The summed E-state index contributed by atoms with van der Waals surface area (Å²) < 4.78 is 5.23. The molecule has 0 radical (unpaired) electrons. The molecule has 134 valence electrons. The molecule has 1 amide bonds. The van der Waals surface area contributed by atoms with Crippen molar-refractivity contribution in [3.63, 3.8) is 0 Å². The Kier molecular flexibility index (Phi) is 5.73. The fraction of sp³-hybridized carbons (Fsp3) is 0.300. The molecule has 0 saturated heterocycles. The van der Waals surface area contributed by atoms with Crippen LogP contribution in [0.25, 0.3) is 11.4 Å². The van der Waals surface area contributed by atoms with E-state index >= 15 is 0 Å². The fourth-order valence-electron chi connectivity index (χ4n) is 2.54. The van der Waals surface area contributed by atoms with Crippen LogP contribution in [-0.4, -0.2) is 21.0 Å². The molecule has 0 aliphatic carbocycles. The first-order valence-corrected chi connectivity index (χ1v) is 8.74. The van der Waals surface area contributed by atoms with E-state index in [1.807, 2.05) is 36.4 Å². The van der Waals surface area contributed by atoms with E-state index in [2.05, 4.69) is 34.3 Å². The highest BCUT2D eigenvalue weighted by Crippen LogP contribution is 2.18. The van der Waals surface area contributed by atoms with E-state index in [1.54, 1.807) is 12.4 Å². The molecule has 2 aromatic heterocycles. The Hall–Kier alpha value is -3.02. The Morgan fingerprint density at radius 3 is 2.69 bits per heavy atom. The number of benzene rings is 1. The number of hydrogen-bond donors (Lipinski definition) is 1. The van der Waals surface area contributed by atoms with Crippen molar-refractivity contribution < 1.29 is 9.32 Å². The van der Waals surface area contributed by atoms with E-state index < -0.39 is 0 Å². The van der Waals surface area contributed by atoms with Crippen molar-refractivity contribution in [1.29, 1.82) is 0 Å². The fourth-order valence-corrected chi connectivity index (χ4v) is 2.54. The lowest BCUT2D eigenvalue weighted by Gasteiger charge is -2.08. The van der Waals surface area contributed by atoms with Crippen LogP contribution in [0.5, 0.6) is 0 Å². The molecule has 3 rings (SSSR count). The first-order valence-electron chi connectivity index (χ1n) is 8.74. The van der Waals surface area contributed by atoms with Crippen molar-refractivity contribution in [2.24, 2.45) is 0 Å². The van der Waals surface area contributed by atoms with Gasteiger partial charge in [0, 0.05) is 36.5 Å². The number of nitrogens with zero attached hydrogens (tertiary/aromatic N) is 3. The first-order chi connectivity index (χ1) is 12.6. The number of rotatable bonds is 7. The highest BCUT2D eigenvalue weighted by Gasteiger charge is 2.10. The molecule has 0 fully saturated rings. The van der Waals surface area contributed by atoms with Crippen LogP contribution in [0.1, 0.15) is 44.1 Å². The molecule has 0 atom stereocenters. The van der Waals surface area contributed by atoms with Crippen molar-refractivity contribution in [2.75, 3.05) is 5.32 Å². The monoisotopic (exact) mass is 350 g/mol. The van der Waals surface area contributed by atoms with E-state index in [1.165, 1.54) is 5.56 Å². The number of carbonyl (C=O) groups is 1. The molecule has 2 heterocycles. The Labute approximate surface area is 152 Å². The molecule has 3 aromatic rings. The third-order valence-corrected chi connectivity index (χ3v) is 4.04. The van der Waals surface area contributed by atoms with E-state index in [0.717, 1.165) is 11.3 Å². The summed E-state index contributed by atoms with van der Waals surface area (Å²) in [4.78, 5) is 20.4. The van der Waals surface area contributed by atoms with E-state index in [9.17, 15) is 4.79 Å². The SMILES string of the molecule is CC(C)c1ccc(NC(=O)CCCc2nc(-c3cccnc3)no2)cc1. The number of anilines is 1. The summed E-state index contributed by atoms with van der Waals surface area (Å²) in [5, 5.41) is 6.86. The van der Waals surface area contributed by atoms with Gasteiger partial charge in [-0.25, -0.2) is 0 Å². The van der Waals surface area contributed by atoms with Crippen molar-refractivity contribution in [1.82, 2.24) is 15.1 Å². The Balaban J connectivity index is 1.46. The summed E-state index contributed by atoms with van der Waals surface area (Å²) in [6, 6.07) is 11.7. The third-order valence-electron chi connectivity index (χ3n) is 4.04. The average Bonchev–Trinajstić information content (AvgIpc) is 3.12. The van der Waals surface area contributed by atoms with Crippen molar-refractivity contribution in [3.8, 4) is 11.4 Å². The normalized spacial score (nSPS) is 10.9. The molecule has 1 aromatic carbocycles. The Bertz CT molecular complexity index is 842. The molecular weight excluding hydrogens is 328 g/mol. The molecule has 0 bridgehead atoms. The summed E-state index contributed by atoms with van der Waals surface area (Å²) in [5.74, 6) is 1.50. The van der Waals surface area contributed by atoms with Gasteiger partial charge in [0.25, 0.3) is 0 Å². The summed E-state index contributed by atoms with van der Waals surface area (Å²) in [7, 11) is 0. The smallest absolute Gasteiger partial charge is 0.226 e. The number of hydrogen-bond acceptors (Lipinski definition) is 5. The molecule has 6 heteroatoms. The zero-order chi connectivity index (χ0) is 18.4. The van der Waals surface area contributed by atoms with Crippen LogP contribution in [0, 0.1) is 0 Å². The maximum absolute atomic E-state index is 12.1. The maximum Gasteiger partial charge on any atom is 0.226 e.